The van der Waals surface area contributed by atoms with Crippen LogP contribution in [0, 0.1) is 0 Å². The monoisotopic (exact) mass is 1870 g/mol. The molecule has 31 heteroatoms. The van der Waals surface area contributed by atoms with Crippen molar-refractivity contribution < 1.29 is 223 Å². The van der Waals surface area contributed by atoms with E-state index >= 15 is 0 Å². The molecule has 0 N–H and O–H groups in total. The molecule has 12 aromatic rings. The van der Waals surface area contributed by atoms with Crippen molar-refractivity contribution >= 4 is 205 Å². The van der Waals surface area contributed by atoms with Gasteiger partial charge in [-0.1, -0.05) is 117 Å². The predicted molar refractivity (Wildman–Crippen MR) is 280 cm³/mol. The maximum absolute atomic E-state index is 8.38. The quantitative estimate of drug-likeness (QED) is 0.106. The number of thiazole rings is 6. The molecule has 0 fully saturated rings. The van der Waals surface area contributed by atoms with Crippen LogP contribution in [0.15, 0.2) is 172 Å². The van der Waals surface area contributed by atoms with Crippen LogP contribution in [0.3, 0.4) is 0 Å². The SMILES string of the molecule is C.[Ag+].[Ag].[Ag].[Cu+].[Cu].[O]=[Zn].[O]=[Zn].[S-]c1nc2ccccc2s1.[S-]c1nc2ccccc2s1.[S-]c1nc2ccccc2s1.[S-]c1nc2ccccc2s1.[S-]c1nc2ccccc2s1.[S-]c1nc2ccccc2s1.[Zn+2].[Zn].[Zn].[Zn]. The third-order valence-electron chi connectivity index (χ3n) is 7.65. The summed E-state index contributed by atoms with van der Waals surface area (Å²) in [4.78, 5) is 24.9. The normalized spacial score (nSPS) is 8.59. The number of nitrogens with zero attached hydrogens (tertiary/aromatic N) is 6. The van der Waals surface area contributed by atoms with Gasteiger partial charge in [-0.05, 0) is 90.6 Å². The molecule has 0 atom stereocenters. The Morgan fingerprint density at radius 3 is 0.527 bits per heavy atom. The molecule has 383 valence electrons. The van der Waals surface area contributed by atoms with Gasteiger partial charge in [0.05, 0.1) is 33.1 Å². The predicted octanol–water partition coefficient (Wildman–Crippen LogP) is 13.6. The maximum atomic E-state index is 8.38. The van der Waals surface area contributed by atoms with Gasteiger partial charge in [-0.25, -0.2) is 0 Å². The maximum Gasteiger partial charge on any atom is 2.00 e. The Kier molecular flexibility index (Phi) is 58.2. The first-order chi connectivity index (χ1) is 31.2. The van der Waals surface area contributed by atoms with Gasteiger partial charge in [0.25, 0.3) is 0 Å². The Labute approximate surface area is 625 Å². The molecule has 0 bridgehead atoms. The number of hydrogen-bond donors (Lipinski definition) is 0. The van der Waals surface area contributed by atoms with Gasteiger partial charge in [0.15, 0.2) is 0 Å². The molecule has 0 aliphatic heterocycles. The second-order valence-electron chi connectivity index (χ2n) is 11.7. The summed E-state index contributed by atoms with van der Waals surface area (Å²) < 4.78 is 28.1. The first kappa shape index (κ1) is 87.8. The van der Waals surface area contributed by atoms with Crippen molar-refractivity contribution in [1.29, 1.82) is 0 Å². The molecule has 6 aromatic carbocycles. The van der Waals surface area contributed by atoms with Crippen LogP contribution < -0.4 is 0 Å². The molecular formula is C43H28Ag3Cu2N6O2S12Zn6-2. The summed E-state index contributed by atoms with van der Waals surface area (Å²) in [5.74, 6) is 0. The third kappa shape index (κ3) is 29.7. The number of aromatic nitrogens is 6. The van der Waals surface area contributed by atoms with E-state index in [2.05, 4.69) is 29.9 Å². The van der Waals surface area contributed by atoms with E-state index in [1.54, 1.807) is 68.0 Å². The van der Waals surface area contributed by atoms with Crippen molar-refractivity contribution in [3.05, 3.63) is 146 Å². The van der Waals surface area contributed by atoms with Crippen molar-refractivity contribution in [3.63, 3.8) is 0 Å². The van der Waals surface area contributed by atoms with Crippen molar-refractivity contribution in [2.24, 2.45) is 0 Å². The Morgan fingerprint density at radius 1 is 0.311 bits per heavy atom. The first-order valence-electron chi connectivity index (χ1n) is 17.9. The molecule has 8 nitrogen and oxygen atoms in total. The van der Waals surface area contributed by atoms with Crippen LogP contribution in [0.1, 0.15) is 7.43 Å². The molecule has 74 heavy (non-hydrogen) atoms. The fraction of sp³-hybridized carbons (Fsp3) is 0.0233. The zero-order chi connectivity index (χ0) is 45.8. The van der Waals surface area contributed by atoms with Crippen LogP contribution in [0.4, 0.5) is 0 Å². The van der Waals surface area contributed by atoms with Crippen LogP contribution in [-0.2, 0) is 299 Å². The summed E-state index contributed by atoms with van der Waals surface area (Å²) in [6.07, 6.45) is 0. The van der Waals surface area contributed by atoms with E-state index in [4.69, 9.17) is 82.9 Å². The van der Waals surface area contributed by atoms with E-state index < -0.39 is 0 Å². The number of hydrogen-bond acceptors (Lipinski definition) is 20. The van der Waals surface area contributed by atoms with Crippen molar-refractivity contribution in [1.82, 2.24) is 29.9 Å². The van der Waals surface area contributed by atoms with Gasteiger partial charge >= 0.3 is 103 Å². The molecule has 0 amide bonds. The molecular weight excluding hydrogens is 1860 g/mol. The van der Waals surface area contributed by atoms with Gasteiger partial charge in [-0.3, -0.25) is 29.9 Å². The van der Waals surface area contributed by atoms with Gasteiger partial charge in [-0.2, -0.15) is 0 Å². The van der Waals surface area contributed by atoms with Gasteiger partial charge in [0, 0.05) is 120 Å². The first-order valence-corrected chi connectivity index (χ1v) is 27.7. The molecule has 0 spiro atoms. The summed E-state index contributed by atoms with van der Waals surface area (Å²) in [5, 5.41) is 0. The van der Waals surface area contributed by atoms with Gasteiger partial charge < -0.3 is 144 Å². The zero-order valence-electron chi connectivity index (χ0n) is 37.0. The van der Waals surface area contributed by atoms with Gasteiger partial charge in [-0.15, -0.1) is 0 Å². The van der Waals surface area contributed by atoms with Crippen molar-refractivity contribution in [3.8, 4) is 0 Å². The Morgan fingerprint density at radius 2 is 0.419 bits per heavy atom. The Bertz CT molecular complexity index is 2590. The molecule has 6 heterocycles. The number of para-hydroxylation sites is 6. The second-order valence-corrected chi connectivity index (χ2v) is 21.7. The molecule has 6 aromatic heterocycles. The van der Waals surface area contributed by atoms with Crippen LogP contribution in [0.5, 0.6) is 0 Å². The van der Waals surface area contributed by atoms with Gasteiger partial charge in [0.2, 0.25) is 0 Å². The molecule has 0 saturated carbocycles. The minimum absolute atomic E-state index is 0. The number of rotatable bonds is 0. The standard InChI is InChI=1S/6C7H5NS2.CH4.3Ag.2Cu.2O.6Zn/c6*9-7-8-5-3-1-2-4-6(5)10-7;;;;;;;;;;;;;;/h6*1-4H,(H,8,9);1H4;;;;;;;;;;;;;/q;;;;;;;;;+1;;+1;;;;;;;;+2/p-6. The second kappa shape index (κ2) is 49.0. The van der Waals surface area contributed by atoms with E-state index in [0.717, 1.165) is 59.1 Å². The summed E-state index contributed by atoms with van der Waals surface area (Å²) in [6, 6.07) is 47.8. The zero-order valence-corrected chi connectivity index (χ0v) is 70.9. The topological polar surface area (TPSA) is 111 Å². The molecule has 0 unspecified atom stereocenters. The fourth-order valence-corrected chi connectivity index (χ4v) is 11.5. The van der Waals surface area contributed by atoms with Crippen LogP contribution >= 0.6 is 68.0 Å². The third-order valence-corrected chi connectivity index (χ3v) is 14.7. The van der Waals surface area contributed by atoms with E-state index in [-0.39, 0.29) is 223 Å². The molecule has 3 radical (unpaired) electrons. The molecule has 12 rings (SSSR count). The van der Waals surface area contributed by atoms with Gasteiger partial charge in [0.1, 0.15) is 0 Å². The minimum Gasteiger partial charge on any atom is -0.408 e. The van der Waals surface area contributed by atoms with E-state index in [9.17, 15) is 0 Å². The Balaban J connectivity index is -0.000000180. The van der Waals surface area contributed by atoms with E-state index in [0.29, 0.717) is 0 Å². The molecule has 0 saturated heterocycles. The summed E-state index contributed by atoms with van der Waals surface area (Å²) >= 11 is 39.1. The Hall–Kier alpha value is 2.58. The van der Waals surface area contributed by atoms with Crippen LogP contribution in [0.25, 0.3) is 61.3 Å². The molecule has 0 aliphatic carbocycles. The van der Waals surface area contributed by atoms with Crippen molar-refractivity contribution in [2.45, 2.75) is 33.5 Å². The summed E-state index contributed by atoms with van der Waals surface area (Å²) in [5.41, 5.74) is 6.07. The fourth-order valence-electron chi connectivity index (χ4n) is 5.11. The van der Waals surface area contributed by atoms with E-state index in [1.807, 2.05) is 146 Å². The van der Waals surface area contributed by atoms with Crippen LogP contribution in [-0.4, -0.2) is 29.9 Å². The summed E-state index contributed by atoms with van der Waals surface area (Å²) in [6.45, 7) is 0. The van der Waals surface area contributed by atoms with Crippen LogP contribution in [0.2, 0.25) is 0 Å². The average molecular weight is 1890 g/mol. The smallest absolute Gasteiger partial charge is 0.408 e. The largest absolute Gasteiger partial charge is 2.00 e. The average Bonchev–Trinajstić information content (AvgIpc) is 4.17. The molecule has 0 aliphatic rings. The van der Waals surface area contributed by atoms with Crippen molar-refractivity contribution in [2.75, 3.05) is 0 Å². The number of fused-ring (bicyclic) bond motifs is 6. The number of benzene rings is 6. The minimum atomic E-state index is 0. The van der Waals surface area contributed by atoms with E-state index in [1.165, 1.54) is 28.2 Å². The summed E-state index contributed by atoms with van der Waals surface area (Å²) in [7, 11) is 0.